The Morgan fingerprint density at radius 2 is 2.00 bits per heavy atom. The summed E-state index contributed by atoms with van der Waals surface area (Å²) in [5.74, 6) is -1.21. The maximum absolute atomic E-state index is 11.8. The molecule has 0 fully saturated rings. The van der Waals surface area contributed by atoms with Gasteiger partial charge in [-0.3, -0.25) is 4.79 Å². The van der Waals surface area contributed by atoms with Gasteiger partial charge < -0.3 is 5.11 Å². The van der Waals surface area contributed by atoms with Crippen molar-refractivity contribution < 1.29 is 9.90 Å². The van der Waals surface area contributed by atoms with Gasteiger partial charge in [0, 0.05) is 0 Å². The van der Waals surface area contributed by atoms with Crippen molar-refractivity contribution in [3.05, 3.63) is 27.7 Å². The van der Waals surface area contributed by atoms with Crippen LogP contribution < -0.4 is 5.56 Å². The van der Waals surface area contributed by atoms with Gasteiger partial charge in [0.2, 0.25) is 0 Å². The molecule has 0 atom stereocenters. The average Bonchev–Trinajstić information content (AvgIpc) is 2.00. The second kappa shape index (κ2) is 3.49. The third kappa shape index (κ3) is 2.06. The van der Waals surface area contributed by atoms with Gasteiger partial charge in [-0.2, -0.15) is 5.10 Å². The van der Waals surface area contributed by atoms with Gasteiger partial charge in [-0.05, 0) is 33.3 Å². The summed E-state index contributed by atoms with van der Waals surface area (Å²) in [6.07, 6.45) is 1.40. The van der Waals surface area contributed by atoms with E-state index in [1.807, 2.05) is 0 Å². The molecule has 1 rings (SSSR count). The monoisotopic (exact) mass is 210 g/mol. The number of carbonyl (C=O) groups is 1. The third-order valence-electron chi connectivity index (χ3n) is 2.02. The highest BCUT2D eigenvalue weighted by molar-refractivity contribution is 5.88. The Balaban J connectivity index is 3.57. The van der Waals surface area contributed by atoms with Crippen LogP contribution in [0, 0.1) is 6.92 Å². The number of nitrogens with zero attached hydrogens (tertiary/aromatic N) is 2. The van der Waals surface area contributed by atoms with E-state index in [4.69, 9.17) is 5.11 Å². The van der Waals surface area contributed by atoms with Crippen molar-refractivity contribution in [3.63, 3.8) is 0 Å². The Morgan fingerprint density at radius 1 is 1.47 bits per heavy atom. The van der Waals surface area contributed by atoms with E-state index in [-0.39, 0.29) is 5.56 Å². The topological polar surface area (TPSA) is 72.2 Å². The van der Waals surface area contributed by atoms with Crippen molar-refractivity contribution in [3.8, 4) is 0 Å². The zero-order valence-corrected chi connectivity index (χ0v) is 9.24. The maximum Gasteiger partial charge on any atom is 0.341 e. The predicted octanol–water partition coefficient (Wildman–Crippen LogP) is 1.00. The minimum atomic E-state index is -1.21. The lowest BCUT2D eigenvalue weighted by Crippen LogP contribution is -2.39. The van der Waals surface area contributed by atoms with Crippen LogP contribution in [-0.2, 0) is 5.54 Å². The Labute approximate surface area is 87.4 Å². The molecule has 5 nitrogen and oxygen atoms in total. The zero-order chi connectivity index (χ0) is 11.8. The second-order valence-electron chi connectivity index (χ2n) is 4.40. The molecule has 0 unspecified atom stereocenters. The standard InChI is InChI=1S/C10H14N2O3/c1-6-5-11-12(10(2,3)4)8(13)7(6)9(14)15/h5H,1-4H3,(H,14,15). The molecule has 0 bridgehead atoms. The molecular weight excluding hydrogens is 196 g/mol. The molecule has 0 radical (unpaired) electrons. The van der Waals surface area contributed by atoms with Gasteiger partial charge in [0.25, 0.3) is 5.56 Å². The molecule has 1 aromatic heterocycles. The van der Waals surface area contributed by atoms with Crippen molar-refractivity contribution in [2.75, 3.05) is 0 Å². The Hall–Kier alpha value is -1.65. The van der Waals surface area contributed by atoms with Gasteiger partial charge in [-0.15, -0.1) is 0 Å². The quantitative estimate of drug-likeness (QED) is 0.750. The number of aromatic carboxylic acids is 1. The van der Waals surface area contributed by atoms with Gasteiger partial charge in [0.1, 0.15) is 5.56 Å². The van der Waals surface area contributed by atoms with Crippen LogP contribution in [0.25, 0.3) is 0 Å². The van der Waals surface area contributed by atoms with E-state index >= 15 is 0 Å². The molecule has 0 aromatic carbocycles. The normalized spacial score (nSPS) is 11.5. The van der Waals surface area contributed by atoms with Crippen molar-refractivity contribution in [1.82, 2.24) is 9.78 Å². The van der Waals surface area contributed by atoms with Crippen molar-refractivity contribution >= 4 is 5.97 Å². The van der Waals surface area contributed by atoms with Crippen LogP contribution in [0.15, 0.2) is 11.0 Å². The van der Waals surface area contributed by atoms with E-state index in [1.54, 1.807) is 27.7 Å². The first-order valence-electron chi connectivity index (χ1n) is 4.58. The van der Waals surface area contributed by atoms with Crippen LogP contribution in [0.4, 0.5) is 0 Å². The fraction of sp³-hybridized carbons (Fsp3) is 0.500. The zero-order valence-electron chi connectivity index (χ0n) is 9.24. The van der Waals surface area contributed by atoms with E-state index in [0.717, 1.165) is 0 Å². The Kier molecular flexibility index (Phi) is 2.66. The van der Waals surface area contributed by atoms with Crippen molar-refractivity contribution in [2.45, 2.75) is 33.2 Å². The summed E-state index contributed by atoms with van der Waals surface area (Å²) >= 11 is 0. The van der Waals surface area contributed by atoms with Gasteiger partial charge >= 0.3 is 5.97 Å². The van der Waals surface area contributed by atoms with E-state index in [9.17, 15) is 9.59 Å². The summed E-state index contributed by atoms with van der Waals surface area (Å²) < 4.78 is 1.18. The largest absolute Gasteiger partial charge is 0.477 e. The molecular formula is C10H14N2O3. The van der Waals surface area contributed by atoms with Crippen molar-refractivity contribution in [2.24, 2.45) is 0 Å². The van der Waals surface area contributed by atoms with E-state index in [1.165, 1.54) is 10.9 Å². The van der Waals surface area contributed by atoms with Crippen LogP contribution in [0.2, 0.25) is 0 Å². The highest BCUT2D eigenvalue weighted by Crippen LogP contribution is 2.10. The van der Waals surface area contributed by atoms with E-state index < -0.39 is 17.1 Å². The minimum Gasteiger partial charge on any atom is -0.477 e. The summed E-state index contributed by atoms with van der Waals surface area (Å²) in [6.45, 7) is 6.94. The second-order valence-corrected chi connectivity index (χ2v) is 4.40. The van der Waals surface area contributed by atoms with Gasteiger partial charge in [-0.1, -0.05) is 0 Å². The van der Waals surface area contributed by atoms with Crippen LogP contribution in [0.5, 0.6) is 0 Å². The van der Waals surface area contributed by atoms with Crippen molar-refractivity contribution in [1.29, 1.82) is 0 Å². The molecule has 0 aliphatic carbocycles. The molecule has 0 aliphatic heterocycles. The number of hydrogen-bond donors (Lipinski definition) is 1. The first kappa shape index (κ1) is 11.4. The molecule has 0 spiro atoms. The minimum absolute atomic E-state index is 0.208. The van der Waals surface area contributed by atoms with Crippen LogP contribution in [0.3, 0.4) is 0 Å². The summed E-state index contributed by atoms with van der Waals surface area (Å²) in [5.41, 5.74) is -0.905. The summed E-state index contributed by atoms with van der Waals surface area (Å²) in [4.78, 5) is 22.7. The highest BCUT2D eigenvalue weighted by Gasteiger charge is 2.21. The molecule has 1 aromatic rings. The Bertz CT molecular complexity index is 455. The van der Waals surface area contributed by atoms with Gasteiger partial charge in [0.05, 0.1) is 11.7 Å². The molecule has 15 heavy (non-hydrogen) atoms. The first-order chi connectivity index (χ1) is 6.75. The lowest BCUT2D eigenvalue weighted by Gasteiger charge is -2.20. The molecule has 1 heterocycles. The molecule has 0 aliphatic rings. The first-order valence-corrected chi connectivity index (χ1v) is 4.58. The number of rotatable bonds is 1. The SMILES string of the molecule is Cc1cnn(C(C)(C)C)c(=O)c1C(=O)O. The molecule has 0 amide bonds. The summed E-state index contributed by atoms with van der Waals surface area (Å²) in [6, 6.07) is 0. The summed E-state index contributed by atoms with van der Waals surface area (Å²) in [5, 5.41) is 12.8. The lowest BCUT2D eigenvalue weighted by molar-refractivity contribution is 0.0692. The fourth-order valence-electron chi connectivity index (χ4n) is 1.27. The van der Waals surface area contributed by atoms with Gasteiger partial charge in [0.15, 0.2) is 0 Å². The van der Waals surface area contributed by atoms with E-state index in [0.29, 0.717) is 5.56 Å². The number of aromatic nitrogens is 2. The van der Waals surface area contributed by atoms with E-state index in [2.05, 4.69) is 5.10 Å². The maximum atomic E-state index is 11.8. The fourth-order valence-corrected chi connectivity index (χ4v) is 1.27. The molecule has 1 N–H and O–H groups in total. The van der Waals surface area contributed by atoms with Crippen LogP contribution in [0.1, 0.15) is 36.7 Å². The average molecular weight is 210 g/mol. The highest BCUT2D eigenvalue weighted by atomic mass is 16.4. The smallest absolute Gasteiger partial charge is 0.341 e. The Morgan fingerprint density at radius 3 is 2.40 bits per heavy atom. The van der Waals surface area contributed by atoms with Crippen LogP contribution >= 0.6 is 0 Å². The van der Waals surface area contributed by atoms with Crippen LogP contribution in [-0.4, -0.2) is 20.9 Å². The number of aryl methyl sites for hydroxylation is 1. The molecule has 82 valence electrons. The molecule has 0 saturated heterocycles. The third-order valence-corrected chi connectivity index (χ3v) is 2.02. The number of hydrogen-bond acceptors (Lipinski definition) is 3. The lowest BCUT2D eigenvalue weighted by atomic mass is 10.1. The number of carboxylic acids is 1. The summed E-state index contributed by atoms with van der Waals surface area (Å²) in [7, 11) is 0. The number of carboxylic acid groups (broad SMARTS) is 1. The molecule has 5 heteroatoms. The molecule has 0 saturated carbocycles. The van der Waals surface area contributed by atoms with Gasteiger partial charge in [-0.25, -0.2) is 9.48 Å². The predicted molar refractivity (Wildman–Crippen MR) is 55.2 cm³/mol.